The molecule has 0 heterocycles. The molecule has 0 radical (unpaired) electrons. The maximum Gasteiger partial charge on any atom is 0.0466 e. The van der Waals surface area contributed by atoms with Crippen LogP contribution in [-0.2, 0) is 4.74 Å². The molecule has 1 N–H and O–H groups in total. The van der Waals surface area contributed by atoms with Crippen LogP contribution >= 0.6 is 0 Å². The molecule has 92 valence electrons. The highest BCUT2D eigenvalue weighted by molar-refractivity contribution is 4.66. The molecule has 0 aromatic rings. The highest BCUT2D eigenvalue weighted by Gasteiger charge is 2.07. The van der Waals surface area contributed by atoms with Crippen LogP contribution in [0.4, 0.5) is 0 Å². The van der Waals surface area contributed by atoms with Crippen LogP contribution < -0.4 is 5.32 Å². The molecule has 0 aliphatic carbocycles. The van der Waals surface area contributed by atoms with E-state index in [2.05, 4.69) is 33.1 Å². The van der Waals surface area contributed by atoms with E-state index in [-0.39, 0.29) is 0 Å². The highest BCUT2D eigenvalue weighted by Crippen LogP contribution is 2.09. The molecule has 0 fully saturated rings. The van der Waals surface area contributed by atoms with Gasteiger partial charge in [0.1, 0.15) is 0 Å². The SMILES string of the molecule is CCCCOCCCC(CC(C)C)NC. The van der Waals surface area contributed by atoms with Crippen molar-refractivity contribution in [3.05, 3.63) is 0 Å². The molecule has 0 aromatic carbocycles. The Balaban J connectivity index is 3.30. The maximum absolute atomic E-state index is 5.55. The van der Waals surface area contributed by atoms with Crippen LogP contribution in [0.2, 0.25) is 0 Å². The van der Waals surface area contributed by atoms with Crippen molar-refractivity contribution in [1.82, 2.24) is 5.32 Å². The van der Waals surface area contributed by atoms with Crippen LogP contribution in [0, 0.1) is 5.92 Å². The van der Waals surface area contributed by atoms with Gasteiger partial charge in [-0.3, -0.25) is 0 Å². The van der Waals surface area contributed by atoms with E-state index in [4.69, 9.17) is 4.74 Å². The van der Waals surface area contributed by atoms with Gasteiger partial charge in [0.05, 0.1) is 0 Å². The molecule has 1 unspecified atom stereocenters. The second kappa shape index (κ2) is 10.4. The monoisotopic (exact) mass is 215 g/mol. The van der Waals surface area contributed by atoms with E-state index in [9.17, 15) is 0 Å². The molecule has 0 spiro atoms. The Labute approximate surface area is 95.8 Å². The predicted molar refractivity (Wildman–Crippen MR) is 67.3 cm³/mol. The molecule has 0 bridgehead atoms. The van der Waals surface area contributed by atoms with Crippen LogP contribution in [0.1, 0.15) is 52.9 Å². The smallest absolute Gasteiger partial charge is 0.0466 e. The van der Waals surface area contributed by atoms with Gasteiger partial charge in [0.2, 0.25) is 0 Å². The van der Waals surface area contributed by atoms with Gasteiger partial charge < -0.3 is 10.1 Å². The van der Waals surface area contributed by atoms with E-state index >= 15 is 0 Å². The third kappa shape index (κ3) is 10.2. The Morgan fingerprint density at radius 1 is 1.13 bits per heavy atom. The minimum absolute atomic E-state index is 0.666. The summed E-state index contributed by atoms with van der Waals surface area (Å²) < 4.78 is 5.55. The summed E-state index contributed by atoms with van der Waals surface area (Å²) in [6, 6.07) is 0.666. The second-order valence-corrected chi connectivity index (χ2v) is 4.72. The first kappa shape index (κ1) is 14.9. The van der Waals surface area contributed by atoms with Gasteiger partial charge >= 0.3 is 0 Å². The van der Waals surface area contributed by atoms with Crippen molar-refractivity contribution in [2.45, 2.75) is 58.9 Å². The Hall–Kier alpha value is -0.0800. The average molecular weight is 215 g/mol. The molecule has 2 heteroatoms. The second-order valence-electron chi connectivity index (χ2n) is 4.72. The summed E-state index contributed by atoms with van der Waals surface area (Å²) in [4.78, 5) is 0. The standard InChI is InChI=1S/C13H29NO/c1-5-6-9-15-10-7-8-13(14-4)11-12(2)3/h12-14H,5-11H2,1-4H3. The molecule has 0 amide bonds. The zero-order valence-corrected chi connectivity index (χ0v) is 11.0. The molecule has 0 aliphatic heterocycles. The van der Waals surface area contributed by atoms with Crippen LogP contribution in [-0.4, -0.2) is 26.3 Å². The molecular formula is C13H29NO. The minimum atomic E-state index is 0.666. The first-order chi connectivity index (χ1) is 7.20. The van der Waals surface area contributed by atoms with Crippen molar-refractivity contribution in [1.29, 1.82) is 0 Å². The third-order valence-electron chi connectivity index (χ3n) is 2.65. The Morgan fingerprint density at radius 3 is 2.33 bits per heavy atom. The van der Waals surface area contributed by atoms with Crippen molar-refractivity contribution in [2.24, 2.45) is 5.92 Å². The minimum Gasteiger partial charge on any atom is -0.381 e. The van der Waals surface area contributed by atoms with Gasteiger partial charge in [-0.1, -0.05) is 27.2 Å². The molecule has 0 saturated heterocycles. The van der Waals surface area contributed by atoms with Gasteiger partial charge in [0, 0.05) is 19.3 Å². The van der Waals surface area contributed by atoms with Crippen LogP contribution in [0.15, 0.2) is 0 Å². The summed E-state index contributed by atoms with van der Waals surface area (Å²) in [5, 5.41) is 3.38. The maximum atomic E-state index is 5.55. The molecule has 1 atom stereocenters. The van der Waals surface area contributed by atoms with E-state index in [0.717, 1.165) is 19.1 Å². The highest BCUT2D eigenvalue weighted by atomic mass is 16.5. The van der Waals surface area contributed by atoms with Crippen molar-refractivity contribution >= 4 is 0 Å². The van der Waals surface area contributed by atoms with E-state index < -0.39 is 0 Å². The lowest BCUT2D eigenvalue weighted by atomic mass is 10.0. The van der Waals surface area contributed by atoms with Crippen LogP contribution in [0.3, 0.4) is 0 Å². The summed E-state index contributed by atoms with van der Waals surface area (Å²) in [6.07, 6.45) is 6.11. The first-order valence-corrected chi connectivity index (χ1v) is 6.45. The first-order valence-electron chi connectivity index (χ1n) is 6.45. The van der Waals surface area contributed by atoms with Gasteiger partial charge in [0.25, 0.3) is 0 Å². The summed E-state index contributed by atoms with van der Waals surface area (Å²) in [5.74, 6) is 0.781. The lowest BCUT2D eigenvalue weighted by molar-refractivity contribution is 0.125. The fourth-order valence-electron chi connectivity index (χ4n) is 1.73. The van der Waals surface area contributed by atoms with Gasteiger partial charge in [-0.2, -0.15) is 0 Å². The number of rotatable bonds is 10. The quantitative estimate of drug-likeness (QED) is 0.565. The van der Waals surface area contributed by atoms with Crippen LogP contribution in [0.25, 0.3) is 0 Å². The van der Waals surface area contributed by atoms with E-state index in [1.165, 1.54) is 32.1 Å². The van der Waals surface area contributed by atoms with Crippen molar-refractivity contribution in [3.8, 4) is 0 Å². The average Bonchev–Trinajstić information content (AvgIpc) is 2.20. The Bertz CT molecular complexity index is 126. The molecular weight excluding hydrogens is 186 g/mol. The number of hydrogen-bond donors (Lipinski definition) is 1. The van der Waals surface area contributed by atoms with Crippen molar-refractivity contribution in [3.63, 3.8) is 0 Å². The molecule has 15 heavy (non-hydrogen) atoms. The van der Waals surface area contributed by atoms with Crippen LogP contribution in [0.5, 0.6) is 0 Å². The molecule has 0 rings (SSSR count). The zero-order chi connectivity index (χ0) is 11.5. The fourth-order valence-corrected chi connectivity index (χ4v) is 1.73. The summed E-state index contributed by atoms with van der Waals surface area (Å²) >= 11 is 0. The van der Waals surface area contributed by atoms with Crippen molar-refractivity contribution < 1.29 is 4.74 Å². The summed E-state index contributed by atoms with van der Waals surface area (Å²) in [5.41, 5.74) is 0. The molecule has 0 aromatic heterocycles. The number of ether oxygens (including phenoxy) is 1. The Morgan fingerprint density at radius 2 is 1.80 bits per heavy atom. The van der Waals surface area contributed by atoms with E-state index in [0.29, 0.717) is 6.04 Å². The summed E-state index contributed by atoms with van der Waals surface area (Å²) in [7, 11) is 2.06. The van der Waals surface area contributed by atoms with Crippen molar-refractivity contribution in [2.75, 3.05) is 20.3 Å². The van der Waals surface area contributed by atoms with E-state index in [1.807, 2.05) is 0 Å². The molecule has 2 nitrogen and oxygen atoms in total. The van der Waals surface area contributed by atoms with Gasteiger partial charge in [-0.25, -0.2) is 0 Å². The summed E-state index contributed by atoms with van der Waals surface area (Å²) in [6.45, 7) is 8.62. The fraction of sp³-hybridized carbons (Fsp3) is 1.00. The van der Waals surface area contributed by atoms with Gasteiger partial charge in [-0.05, 0) is 38.6 Å². The molecule has 0 saturated carbocycles. The lowest BCUT2D eigenvalue weighted by Crippen LogP contribution is -2.27. The Kier molecular flexibility index (Phi) is 10.4. The number of hydrogen-bond acceptors (Lipinski definition) is 2. The predicted octanol–water partition coefficient (Wildman–Crippen LogP) is 3.22. The topological polar surface area (TPSA) is 21.3 Å². The lowest BCUT2D eigenvalue weighted by Gasteiger charge is -2.18. The third-order valence-corrected chi connectivity index (χ3v) is 2.65. The van der Waals surface area contributed by atoms with Gasteiger partial charge in [-0.15, -0.1) is 0 Å². The van der Waals surface area contributed by atoms with E-state index in [1.54, 1.807) is 0 Å². The number of nitrogens with one attached hydrogen (secondary N) is 1. The van der Waals surface area contributed by atoms with Gasteiger partial charge in [0.15, 0.2) is 0 Å². The number of unbranched alkanes of at least 4 members (excludes halogenated alkanes) is 1. The zero-order valence-electron chi connectivity index (χ0n) is 11.0. The normalized spacial score (nSPS) is 13.4. The largest absolute Gasteiger partial charge is 0.381 e. The molecule has 0 aliphatic rings.